The predicted molar refractivity (Wildman–Crippen MR) is 175 cm³/mol. The van der Waals surface area contributed by atoms with Gasteiger partial charge in [-0.3, -0.25) is 4.79 Å². The molecule has 3 aliphatic heterocycles. The Hall–Kier alpha value is -4.12. The zero-order valence-electron chi connectivity index (χ0n) is 27.1. The summed E-state index contributed by atoms with van der Waals surface area (Å²) in [4.78, 5) is 29.8. The summed E-state index contributed by atoms with van der Waals surface area (Å²) in [7, 11) is 1.58. The maximum Gasteiger partial charge on any atom is 0.374 e. The van der Waals surface area contributed by atoms with Gasteiger partial charge in [-0.2, -0.15) is 0 Å². The summed E-state index contributed by atoms with van der Waals surface area (Å²) < 4.78 is 24.2. The van der Waals surface area contributed by atoms with Gasteiger partial charge in [0.05, 0.1) is 31.5 Å². The number of hydrogen-bond acceptors (Lipinski definition) is 9. The number of aromatic amines is 1. The Morgan fingerprint density at radius 1 is 1.13 bits per heavy atom. The first-order chi connectivity index (χ1) is 22.7. The van der Waals surface area contributed by atoms with Crippen LogP contribution < -0.4 is 19.5 Å². The molecule has 0 amide bonds. The number of Topliss-reactive ketones (excluding diaryl/α,β-unsaturated/α-hetero) is 1. The fraction of sp³-hybridized carbons (Fsp3) is 0.459. The number of ketones is 1. The third kappa shape index (κ3) is 5.42. The van der Waals surface area contributed by atoms with Crippen LogP contribution >= 0.6 is 0 Å². The van der Waals surface area contributed by atoms with E-state index in [1.807, 2.05) is 31.3 Å². The Kier molecular flexibility index (Phi) is 8.36. The van der Waals surface area contributed by atoms with Gasteiger partial charge in [0.2, 0.25) is 5.76 Å². The van der Waals surface area contributed by atoms with E-state index in [1.54, 1.807) is 20.1 Å². The molecular formula is C37H42N2O8. The van der Waals surface area contributed by atoms with E-state index in [9.17, 15) is 19.8 Å². The highest BCUT2D eigenvalue weighted by atomic mass is 16.6. The molecule has 2 aromatic carbocycles. The van der Waals surface area contributed by atoms with Crippen LogP contribution in [0.25, 0.3) is 16.5 Å². The van der Waals surface area contributed by atoms with E-state index in [0.717, 1.165) is 59.1 Å². The van der Waals surface area contributed by atoms with Crippen LogP contribution in [0.2, 0.25) is 0 Å². The second kappa shape index (κ2) is 12.5. The van der Waals surface area contributed by atoms with Crippen molar-refractivity contribution in [3.8, 4) is 17.2 Å². The number of H-pyrrole nitrogens is 1. The summed E-state index contributed by atoms with van der Waals surface area (Å²) in [6, 6.07) is 8.05. The number of hydrogen-bond donors (Lipinski definition) is 4. The highest BCUT2D eigenvalue weighted by molar-refractivity contribution is 5.98. The lowest BCUT2D eigenvalue weighted by atomic mass is 9.76. The van der Waals surface area contributed by atoms with Crippen LogP contribution in [0.5, 0.6) is 17.2 Å². The van der Waals surface area contributed by atoms with E-state index in [2.05, 4.69) is 16.4 Å². The van der Waals surface area contributed by atoms with Crippen LogP contribution in [0.3, 0.4) is 0 Å². The van der Waals surface area contributed by atoms with Gasteiger partial charge in [0.15, 0.2) is 0 Å². The average molecular weight is 643 g/mol. The van der Waals surface area contributed by atoms with Gasteiger partial charge in [-0.25, -0.2) is 4.79 Å². The van der Waals surface area contributed by atoms with Crippen molar-refractivity contribution in [1.29, 1.82) is 0 Å². The molecule has 7 rings (SSSR count). The first-order valence-electron chi connectivity index (χ1n) is 16.6. The molecule has 2 fully saturated rings. The Bertz CT molecular complexity index is 1800. The summed E-state index contributed by atoms with van der Waals surface area (Å²) >= 11 is 0. The van der Waals surface area contributed by atoms with Crippen molar-refractivity contribution < 1.29 is 38.7 Å². The molecule has 248 valence electrons. The van der Waals surface area contributed by atoms with Crippen LogP contribution in [0.4, 0.5) is 0 Å². The number of esters is 1. The summed E-state index contributed by atoms with van der Waals surface area (Å²) in [6.45, 7) is 4.95. The van der Waals surface area contributed by atoms with Crippen molar-refractivity contribution in [3.63, 3.8) is 0 Å². The molecule has 4 N–H and O–H groups in total. The van der Waals surface area contributed by atoms with Gasteiger partial charge in [-0.15, -0.1) is 0 Å². The summed E-state index contributed by atoms with van der Waals surface area (Å²) in [5.41, 5.74) is 4.25. The molecule has 3 aromatic rings. The van der Waals surface area contributed by atoms with Crippen molar-refractivity contribution in [2.75, 3.05) is 26.8 Å². The molecule has 1 saturated heterocycles. The number of carbonyl (C=O) groups excluding carboxylic acids is 2. The van der Waals surface area contributed by atoms with E-state index < -0.39 is 24.3 Å². The van der Waals surface area contributed by atoms with Gasteiger partial charge in [-0.1, -0.05) is 11.6 Å². The zero-order chi connectivity index (χ0) is 32.9. The monoisotopic (exact) mass is 642 g/mol. The topological polar surface area (TPSA) is 139 Å². The molecule has 1 aromatic heterocycles. The fourth-order valence-electron chi connectivity index (χ4n) is 7.88. The number of nitrogens with one attached hydrogen (secondary N) is 2. The minimum atomic E-state index is -1.13. The molecule has 0 bridgehead atoms. The van der Waals surface area contributed by atoms with Gasteiger partial charge in [0.25, 0.3) is 0 Å². The quantitative estimate of drug-likeness (QED) is 0.266. The molecule has 3 unspecified atom stereocenters. The van der Waals surface area contributed by atoms with Crippen LogP contribution in [0, 0.1) is 5.92 Å². The van der Waals surface area contributed by atoms with Crippen molar-refractivity contribution in [2.45, 2.75) is 76.6 Å². The molecular weight excluding hydrogens is 600 g/mol. The number of benzene rings is 2. The number of allylic oxidation sites excluding steroid dienone is 3. The van der Waals surface area contributed by atoms with E-state index in [4.69, 9.17) is 18.9 Å². The third-order valence-electron chi connectivity index (χ3n) is 10.5. The predicted octanol–water partition coefficient (Wildman–Crippen LogP) is 4.85. The molecule has 4 heterocycles. The third-order valence-corrected chi connectivity index (χ3v) is 10.5. The van der Waals surface area contributed by atoms with Gasteiger partial charge >= 0.3 is 5.97 Å². The van der Waals surface area contributed by atoms with E-state index in [1.165, 1.54) is 0 Å². The van der Waals surface area contributed by atoms with Crippen molar-refractivity contribution in [3.05, 3.63) is 70.1 Å². The molecule has 10 nitrogen and oxygen atoms in total. The van der Waals surface area contributed by atoms with Crippen LogP contribution in [0.15, 0.2) is 47.9 Å². The molecule has 0 spiro atoms. The minimum absolute atomic E-state index is 0.0167. The fourth-order valence-corrected chi connectivity index (χ4v) is 7.88. The standard InChI is InChI=1S/C37H42N2O8/c1-4-45-36(42)30-17-25(21-6-8-29(41)24(16-21)20-5-7-28-22(15-20)9-14-39-28)32-34(44-3)26-18-31(37(2,43)23-10-12-38-13-11-23)47-33(26)27(19-40)35(32)46-30/h5,7,9,14-15,17,23-24,31,38-40,43H,4,6,8,10-13,16,18-19H2,1-3H3. The summed E-state index contributed by atoms with van der Waals surface area (Å²) in [6.07, 6.45) is 6.33. The highest BCUT2D eigenvalue weighted by Crippen LogP contribution is 2.55. The van der Waals surface area contributed by atoms with E-state index >= 15 is 0 Å². The van der Waals surface area contributed by atoms with Crippen molar-refractivity contribution in [1.82, 2.24) is 10.3 Å². The second-order valence-electron chi connectivity index (χ2n) is 13.1. The maximum atomic E-state index is 13.4. The molecule has 4 aliphatic rings. The smallest absolute Gasteiger partial charge is 0.374 e. The number of rotatable bonds is 7. The lowest BCUT2D eigenvalue weighted by Gasteiger charge is -2.39. The Morgan fingerprint density at radius 2 is 1.94 bits per heavy atom. The Morgan fingerprint density at radius 3 is 2.68 bits per heavy atom. The highest BCUT2D eigenvalue weighted by Gasteiger charge is 2.48. The maximum absolute atomic E-state index is 13.4. The van der Waals surface area contributed by atoms with Crippen LogP contribution in [-0.4, -0.2) is 65.5 Å². The number of fused-ring (bicyclic) bond motifs is 3. The summed E-state index contributed by atoms with van der Waals surface area (Å²) in [5, 5.41) is 27.0. The first-order valence-corrected chi connectivity index (χ1v) is 16.6. The number of aliphatic hydroxyl groups is 2. The largest absolute Gasteiger partial charge is 0.496 e. The normalized spacial score (nSPS) is 24.1. The lowest BCUT2D eigenvalue weighted by molar-refractivity contribution is -0.141. The Labute approximate surface area is 273 Å². The Balaban J connectivity index is 1.36. The average Bonchev–Trinajstić information content (AvgIpc) is 3.75. The number of carbonyl (C=O) groups is 2. The van der Waals surface area contributed by atoms with Gasteiger partial charge in [-0.05, 0) is 99.3 Å². The van der Waals surface area contributed by atoms with Gasteiger partial charge in [0, 0.05) is 36.0 Å². The van der Waals surface area contributed by atoms with Gasteiger partial charge < -0.3 is 39.5 Å². The van der Waals surface area contributed by atoms with Crippen molar-refractivity contribution in [2.24, 2.45) is 5.92 Å². The van der Waals surface area contributed by atoms with Crippen LogP contribution in [-0.2, 0) is 27.4 Å². The second-order valence-corrected chi connectivity index (χ2v) is 13.1. The van der Waals surface area contributed by atoms with E-state index in [-0.39, 0.29) is 35.7 Å². The number of ether oxygens (including phenoxy) is 4. The molecule has 0 radical (unpaired) electrons. The lowest BCUT2D eigenvalue weighted by Crippen LogP contribution is -2.51. The van der Waals surface area contributed by atoms with E-state index in [0.29, 0.717) is 48.3 Å². The molecule has 3 atom stereocenters. The number of methoxy groups -OCH3 is 1. The van der Waals surface area contributed by atoms with Crippen LogP contribution in [0.1, 0.15) is 74.1 Å². The number of piperidine rings is 1. The van der Waals surface area contributed by atoms with Gasteiger partial charge in [0.1, 0.15) is 34.7 Å². The molecule has 10 heteroatoms. The molecule has 47 heavy (non-hydrogen) atoms. The SMILES string of the molecule is CCOC(=O)C1=CC(=C2CCC(=O)C(c3ccc4[nH]ccc4c3)C2)c2c(OC)c3c(c(CO)c2O1)OC(C(C)(O)C1CCNCC1)C3. The van der Waals surface area contributed by atoms with Crippen molar-refractivity contribution >= 4 is 28.2 Å². The molecule has 1 aliphatic carbocycles. The first kappa shape index (κ1) is 31.5. The number of aliphatic hydroxyl groups excluding tert-OH is 1. The molecule has 1 saturated carbocycles. The number of aromatic nitrogens is 1. The summed E-state index contributed by atoms with van der Waals surface area (Å²) in [5.74, 6) is 0.384. The zero-order valence-corrected chi connectivity index (χ0v) is 27.1. The minimum Gasteiger partial charge on any atom is -0.496 e.